The van der Waals surface area contributed by atoms with E-state index >= 15 is 0 Å². The second kappa shape index (κ2) is 5.28. The molecule has 0 unspecified atom stereocenters. The summed E-state index contributed by atoms with van der Waals surface area (Å²) in [4.78, 5) is 12.4. The molecular formula is C13H15ClFN3O2. The summed E-state index contributed by atoms with van der Waals surface area (Å²) >= 11 is 5.90. The number of oxime groups is 1. The van der Waals surface area contributed by atoms with Crippen LogP contribution in [0.4, 0.5) is 10.1 Å². The molecule has 7 heteroatoms. The number of benzene rings is 1. The maximum atomic E-state index is 13.2. The van der Waals surface area contributed by atoms with Gasteiger partial charge in [-0.15, -0.1) is 0 Å². The first-order valence-electron chi connectivity index (χ1n) is 6.13. The molecule has 0 bridgehead atoms. The van der Waals surface area contributed by atoms with Crippen LogP contribution < -0.4 is 11.1 Å². The Balaban J connectivity index is 2.24. The van der Waals surface area contributed by atoms with Crippen LogP contribution >= 0.6 is 11.6 Å². The lowest BCUT2D eigenvalue weighted by atomic mass is 9.61. The van der Waals surface area contributed by atoms with Crippen molar-refractivity contribution in [1.82, 2.24) is 0 Å². The second-order valence-corrected chi connectivity index (χ2v) is 5.57. The van der Waals surface area contributed by atoms with Crippen LogP contribution in [-0.4, -0.2) is 17.0 Å². The number of rotatable bonds is 3. The molecule has 0 radical (unpaired) electrons. The minimum atomic E-state index is -1.05. The van der Waals surface area contributed by atoms with E-state index in [0.717, 1.165) is 6.07 Å². The predicted molar refractivity (Wildman–Crippen MR) is 74.3 cm³/mol. The van der Waals surface area contributed by atoms with E-state index in [4.69, 9.17) is 22.5 Å². The molecule has 1 fully saturated rings. The number of amidine groups is 1. The summed E-state index contributed by atoms with van der Waals surface area (Å²) in [5, 5.41) is 14.5. The third-order valence-electron chi connectivity index (χ3n) is 3.60. The zero-order chi connectivity index (χ0) is 14.9. The lowest BCUT2D eigenvalue weighted by Gasteiger charge is -2.43. The first kappa shape index (κ1) is 14.6. The monoisotopic (exact) mass is 299 g/mol. The average Bonchev–Trinajstić information content (AvgIpc) is 2.38. The van der Waals surface area contributed by atoms with Gasteiger partial charge < -0.3 is 16.3 Å². The lowest BCUT2D eigenvalue weighted by Crippen LogP contribution is -2.54. The number of carbonyl (C=O) groups is 1. The molecule has 2 rings (SSSR count). The summed E-state index contributed by atoms with van der Waals surface area (Å²) < 4.78 is 13.2. The fourth-order valence-electron chi connectivity index (χ4n) is 2.57. The first-order valence-corrected chi connectivity index (χ1v) is 6.51. The van der Waals surface area contributed by atoms with Crippen molar-refractivity contribution < 1.29 is 14.4 Å². The zero-order valence-electron chi connectivity index (χ0n) is 10.9. The topological polar surface area (TPSA) is 87.7 Å². The van der Waals surface area contributed by atoms with Gasteiger partial charge in [0.2, 0.25) is 5.91 Å². The first-order chi connectivity index (χ1) is 9.39. The second-order valence-electron chi connectivity index (χ2n) is 5.16. The van der Waals surface area contributed by atoms with Gasteiger partial charge >= 0.3 is 0 Å². The van der Waals surface area contributed by atoms with Gasteiger partial charge in [0.1, 0.15) is 11.2 Å². The van der Waals surface area contributed by atoms with Gasteiger partial charge in [-0.25, -0.2) is 4.39 Å². The van der Waals surface area contributed by atoms with E-state index < -0.39 is 17.1 Å². The number of nitrogens with one attached hydrogen (secondary N) is 1. The fourth-order valence-corrected chi connectivity index (χ4v) is 2.74. The Bertz CT molecular complexity index is 571. The highest BCUT2D eigenvalue weighted by atomic mass is 35.5. The number of carbonyl (C=O) groups excluding carboxylic acids is 1. The average molecular weight is 300 g/mol. The molecule has 0 spiro atoms. The van der Waals surface area contributed by atoms with E-state index in [1.54, 1.807) is 0 Å². The van der Waals surface area contributed by atoms with Crippen molar-refractivity contribution in [3.63, 3.8) is 0 Å². The molecule has 1 aromatic rings. The van der Waals surface area contributed by atoms with E-state index in [1.165, 1.54) is 12.1 Å². The van der Waals surface area contributed by atoms with Crippen molar-refractivity contribution in [2.45, 2.75) is 19.8 Å². The smallest absolute Gasteiger partial charge is 0.238 e. The van der Waals surface area contributed by atoms with Gasteiger partial charge in [-0.3, -0.25) is 4.79 Å². The Morgan fingerprint density at radius 2 is 2.25 bits per heavy atom. The molecule has 1 aromatic carbocycles. The Hall–Kier alpha value is -1.82. The molecule has 1 saturated carbocycles. The molecule has 1 aliphatic rings. The number of anilines is 1. The van der Waals surface area contributed by atoms with Crippen LogP contribution in [0.25, 0.3) is 0 Å². The summed E-state index contributed by atoms with van der Waals surface area (Å²) in [5.41, 5.74) is 4.75. The maximum Gasteiger partial charge on any atom is 0.238 e. The van der Waals surface area contributed by atoms with E-state index in [2.05, 4.69) is 10.5 Å². The van der Waals surface area contributed by atoms with Crippen molar-refractivity contribution in [3.8, 4) is 0 Å². The van der Waals surface area contributed by atoms with E-state index in [-0.39, 0.29) is 16.5 Å². The molecule has 4 N–H and O–H groups in total. The van der Waals surface area contributed by atoms with Crippen molar-refractivity contribution in [3.05, 3.63) is 29.0 Å². The van der Waals surface area contributed by atoms with E-state index in [1.807, 2.05) is 6.92 Å². The number of nitrogens with zero attached hydrogens (tertiary/aromatic N) is 1. The highest BCUT2D eigenvalue weighted by Crippen LogP contribution is 2.46. The van der Waals surface area contributed by atoms with Gasteiger partial charge in [0, 0.05) is 0 Å². The summed E-state index contributed by atoms with van der Waals surface area (Å²) in [6.45, 7) is 1.96. The van der Waals surface area contributed by atoms with Gasteiger partial charge in [-0.1, -0.05) is 23.7 Å². The molecular weight excluding hydrogens is 285 g/mol. The number of hydrogen-bond donors (Lipinski definition) is 3. The van der Waals surface area contributed by atoms with Crippen LogP contribution in [0.3, 0.4) is 0 Å². The molecule has 0 aliphatic heterocycles. The third-order valence-corrected chi connectivity index (χ3v) is 3.93. The number of halogens is 2. The normalized spacial score (nSPS) is 25.9. The SMILES string of the molecule is CC1CC(C(=O)Nc2cc(F)ccc2Cl)(/C(N)=N/O)C1. The fraction of sp³-hybridized carbons (Fsp3) is 0.385. The largest absolute Gasteiger partial charge is 0.409 e. The zero-order valence-corrected chi connectivity index (χ0v) is 11.6. The van der Waals surface area contributed by atoms with Crippen molar-refractivity contribution in [2.75, 3.05) is 5.32 Å². The summed E-state index contributed by atoms with van der Waals surface area (Å²) in [7, 11) is 0. The van der Waals surface area contributed by atoms with Crippen LogP contribution in [0, 0.1) is 17.2 Å². The van der Waals surface area contributed by atoms with Crippen LogP contribution in [-0.2, 0) is 4.79 Å². The molecule has 0 heterocycles. The third kappa shape index (κ3) is 2.43. The van der Waals surface area contributed by atoms with Crippen LogP contribution in [0.5, 0.6) is 0 Å². The molecule has 1 amide bonds. The summed E-state index contributed by atoms with van der Waals surface area (Å²) in [6.07, 6.45) is 0.948. The molecule has 5 nitrogen and oxygen atoms in total. The van der Waals surface area contributed by atoms with Gasteiger partial charge in [0.15, 0.2) is 5.84 Å². The van der Waals surface area contributed by atoms with Crippen molar-refractivity contribution in [2.24, 2.45) is 22.2 Å². The molecule has 20 heavy (non-hydrogen) atoms. The minimum absolute atomic E-state index is 0.138. The highest BCUT2D eigenvalue weighted by Gasteiger charge is 2.52. The predicted octanol–water partition coefficient (Wildman–Crippen LogP) is 2.58. The molecule has 1 aliphatic carbocycles. The maximum absolute atomic E-state index is 13.2. The molecule has 0 atom stereocenters. The number of hydrogen-bond acceptors (Lipinski definition) is 3. The Morgan fingerprint density at radius 3 is 2.80 bits per heavy atom. The van der Waals surface area contributed by atoms with Gasteiger partial charge in [0.25, 0.3) is 0 Å². The lowest BCUT2D eigenvalue weighted by molar-refractivity contribution is -0.127. The molecule has 108 valence electrons. The van der Waals surface area contributed by atoms with E-state index in [9.17, 15) is 9.18 Å². The molecule has 0 saturated heterocycles. The number of nitrogens with two attached hydrogens (primary N) is 1. The van der Waals surface area contributed by atoms with Crippen molar-refractivity contribution in [1.29, 1.82) is 0 Å². The van der Waals surface area contributed by atoms with Crippen LogP contribution in [0.1, 0.15) is 19.8 Å². The standard InChI is InChI=1S/C13H15ClFN3O2/c1-7-5-13(6-7,11(16)18-20)12(19)17-10-4-8(15)2-3-9(10)14/h2-4,7,20H,5-6H2,1H3,(H2,16,18)(H,17,19). The van der Waals surface area contributed by atoms with Gasteiger partial charge in [-0.2, -0.15) is 0 Å². The van der Waals surface area contributed by atoms with Gasteiger partial charge in [-0.05, 0) is 37.0 Å². The summed E-state index contributed by atoms with van der Waals surface area (Å²) in [5.74, 6) is -0.799. The highest BCUT2D eigenvalue weighted by molar-refractivity contribution is 6.34. The van der Waals surface area contributed by atoms with E-state index in [0.29, 0.717) is 18.8 Å². The van der Waals surface area contributed by atoms with Crippen LogP contribution in [0.2, 0.25) is 5.02 Å². The number of amides is 1. The Labute approximate surface area is 120 Å². The molecule has 0 aromatic heterocycles. The van der Waals surface area contributed by atoms with Crippen molar-refractivity contribution >= 4 is 29.0 Å². The summed E-state index contributed by atoms with van der Waals surface area (Å²) in [6, 6.07) is 3.68. The Kier molecular flexibility index (Phi) is 3.85. The van der Waals surface area contributed by atoms with Crippen LogP contribution in [0.15, 0.2) is 23.4 Å². The Morgan fingerprint density at radius 1 is 1.60 bits per heavy atom. The quantitative estimate of drug-likeness (QED) is 0.347. The minimum Gasteiger partial charge on any atom is -0.409 e. The van der Waals surface area contributed by atoms with Gasteiger partial charge in [0.05, 0.1) is 10.7 Å².